The zero-order valence-electron chi connectivity index (χ0n) is 12.4. The molecule has 0 spiro atoms. The molecule has 2 rings (SSSR count). The second-order valence-electron chi connectivity index (χ2n) is 6.06. The van der Waals surface area contributed by atoms with E-state index in [1.165, 1.54) is 6.42 Å². The highest BCUT2D eigenvalue weighted by molar-refractivity contribution is 5.50. The van der Waals surface area contributed by atoms with Gasteiger partial charge in [0.25, 0.3) is 0 Å². The number of hydrogen-bond acceptors (Lipinski definition) is 2. The highest BCUT2D eigenvalue weighted by Crippen LogP contribution is 2.32. The van der Waals surface area contributed by atoms with Gasteiger partial charge in [-0.2, -0.15) is 0 Å². The van der Waals surface area contributed by atoms with Crippen LogP contribution < -0.4 is 10.2 Å². The van der Waals surface area contributed by atoms with Gasteiger partial charge in [-0.05, 0) is 56.0 Å². The zero-order valence-corrected chi connectivity index (χ0v) is 12.4. The van der Waals surface area contributed by atoms with Crippen LogP contribution in [0.5, 0.6) is 0 Å². The molecule has 0 amide bonds. The topological polar surface area (TPSA) is 15.3 Å². The summed E-state index contributed by atoms with van der Waals surface area (Å²) in [4.78, 5) is 2.36. The van der Waals surface area contributed by atoms with Crippen LogP contribution >= 0.6 is 0 Å². The van der Waals surface area contributed by atoms with Crippen LogP contribution in [-0.2, 0) is 6.54 Å². The van der Waals surface area contributed by atoms with Gasteiger partial charge < -0.3 is 10.2 Å². The predicted octanol–water partition coefficient (Wildman–Crippen LogP) is 3.42. The molecule has 1 aromatic rings. The molecule has 106 valence electrons. The summed E-state index contributed by atoms with van der Waals surface area (Å²) in [5.41, 5.74) is 2.03. The van der Waals surface area contributed by atoms with E-state index in [0.717, 1.165) is 17.8 Å². The zero-order chi connectivity index (χ0) is 14.0. The maximum absolute atomic E-state index is 13.8. The van der Waals surface area contributed by atoms with Gasteiger partial charge in [-0.15, -0.1) is 0 Å². The number of hydrogen-bond donors (Lipinski definition) is 1. The molecule has 1 saturated heterocycles. The Hall–Kier alpha value is -1.09. The monoisotopic (exact) mass is 264 g/mol. The van der Waals surface area contributed by atoms with E-state index in [2.05, 4.69) is 37.1 Å². The van der Waals surface area contributed by atoms with Gasteiger partial charge in [0.1, 0.15) is 5.82 Å². The molecule has 3 heteroatoms. The second-order valence-corrected chi connectivity index (χ2v) is 6.06. The highest BCUT2D eigenvalue weighted by Gasteiger charge is 2.29. The molecule has 19 heavy (non-hydrogen) atoms. The van der Waals surface area contributed by atoms with Crippen molar-refractivity contribution >= 4 is 5.69 Å². The summed E-state index contributed by atoms with van der Waals surface area (Å²) >= 11 is 0. The van der Waals surface area contributed by atoms with Crippen LogP contribution in [0.3, 0.4) is 0 Å². The normalized spacial score (nSPS) is 27.6. The molecular formula is C16H25FN2. The number of rotatable bonds is 3. The number of nitrogens with one attached hydrogen (secondary N) is 1. The van der Waals surface area contributed by atoms with Crippen molar-refractivity contribution in [2.45, 2.75) is 39.8 Å². The lowest BCUT2D eigenvalue weighted by Crippen LogP contribution is -2.45. The Morgan fingerprint density at radius 3 is 2.68 bits per heavy atom. The molecule has 3 unspecified atom stereocenters. The lowest BCUT2D eigenvalue weighted by Gasteiger charge is -2.42. The average molecular weight is 264 g/mol. The Morgan fingerprint density at radius 1 is 1.26 bits per heavy atom. The van der Waals surface area contributed by atoms with Crippen LogP contribution in [0.15, 0.2) is 18.2 Å². The number of benzene rings is 1. The van der Waals surface area contributed by atoms with Gasteiger partial charge in [-0.25, -0.2) is 4.39 Å². The molecule has 0 saturated carbocycles. The summed E-state index contributed by atoms with van der Waals surface area (Å²) in [6, 6.07) is 5.86. The molecule has 1 heterocycles. The van der Waals surface area contributed by atoms with Gasteiger partial charge in [0.2, 0.25) is 0 Å². The second kappa shape index (κ2) is 5.91. The first-order valence-electron chi connectivity index (χ1n) is 7.22. The largest absolute Gasteiger partial charge is 0.368 e. The molecule has 0 aromatic heterocycles. The molecule has 0 radical (unpaired) electrons. The van der Waals surface area contributed by atoms with Gasteiger partial charge in [0.15, 0.2) is 0 Å². The minimum atomic E-state index is -0.138. The molecule has 2 nitrogen and oxygen atoms in total. The van der Waals surface area contributed by atoms with Crippen molar-refractivity contribution in [1.29, 1.82) is 0 Å². The molecule has 0 bridgehead atoms. The van der Waals surface area contributed by atoms with Crippen molar-refractivity contribution < 1.29 is 4.39 Å². The van der Waals surface area contributed by atoms with E-state index in [1.54, 1.807) is 12.1 Å². The number of anilines is 1. The van der Waals surface area contributed by atoms with E-state index in [4.69, 9.17) is 0 Å². The molecule has 1 aliphatic rings. The van der Waals surface area contributed by atoms with Crippen molar-refractivity contribution in [1.82, 2.24) is 5.32 Å². The van der Waals surface area contributed by atoms with Crippen molar-refractivity contribution in [2.75, 3.05) is 18.5 Å². The molecule has 3 atom stereocenters. The maximum atomic E-state index is 13.8. The molecule has 0 aliphatic carbocycles. The third-order valence-corrected chi connectivity index (χ3v) is 4.25. The fourth-order valence-corrected chi connectivity index (χ4v) is 3.16. The van der Waals surface area contributed by atoms with E-state index in [-0.39, 0.29) is 5.82 Å². The Kier molecular flexibility index (Phi) is 4.46. The van der Waals surface area contributed by atoms with Crippen molar-refractivity contribution in [3.63, 3.8) is 0 Å². The first-order valence-corrected chi connectivity index (χ1v) is 7.22. The lowest BCUT2D eigenvalue weighted by molar-refractivity contribution is 0.297. The standard InChI is InChI=1S/C16H25FN2/c1-11-5-12(2)13(3)19(10-11)16-7-14(9-18-4)6-15(17)8-16/h6-8,11-13,18H,5,9-10H2,1-4H3. The van der Waals surface area contributed by atoms with Crippen LogP contribution in [0.25, 0.3) is 0 Å². The summed E-state index contributed by atoms with van der Waals surface area (Å²) in [5.74, 6) is 1.18. The Labute approximate surface area is 116 Å². The molecule has 1 N–H and O–H groups in total. The maximum Gasteiger partial charge on any atom is 0.125 e. The van der Waals surface area contributed by atoms with Gasteiger partial charge in [-0.3, -0.25) is 0 Å². The smallest absolute Gasteiger partial charge is 0.125 e. The van der Waals surface area contributed by atoms with Crippen LogP contribution in [0.4, 0.5) is 10.1 Å². The third kappa shape index (κ3) is 3.27. The first kappa shape index (κ1) is 14.3. The summed E-state index contributed by atoms with van der Waals surface area (Å²) in [6.07, 6.45) is 1.26. The fourth-order valence-electron chi connectivity index (χ4n) is 3.16. The van der Waals surface area contributed by atoms with Gasteiger partial charge in [-0.1, -0.05) is 13.8 Å². The summed E-state index contributed by atoms with van der Waals surface area (Å²) < 4.78 is 13.8. The number of nitrogens with zero attached hydrogens (tertiary/aromatic N) is 1. The number of piperidine rings is 1. The van der Waals surface area contributed by atoms with Gasteiger partial charge in [0, 0.05) is 24.8 Å². The molecule has 1 fully saturated rings. The van der Waals surface area contributed by atoms with Gasteiger partial charge >= 0.3 is 0 Å². The molecule has 1 aliphatic heterocycles. The van der Waals surface area contributed by atoms with E-state index >= 15 is 0 Å². The quantitative estimate of drug-likeness (QED) is 0.900. The fraction of sp³-hybridized carbons (Fsp3) is 0.625. The van der Waals surface area contributed by atoms with E-state index in [0.29, 0.717) is 24.4 Å². The Morgan fingerprint density at radius 2 is 2.00 bits per heavy atom. The third-order valence-electron chi connectivity index (χ3n) is 4.25. The van der Waals surface area contributed by atoms with Crippen molar-refractivity contribution in [2.24, 2.45) is 11.8 Å². The van der Waals surface area contributed by atoms with Crippen LogP contribution in [0, 0.1) is 17.7 Å². The van der Waals surface area contributed by atoms with E-state index in [1.807, 2.05) is 7.05 Å². The van der Waals surface area contributed by atoms with Crippen molar-refractivity contribution in [3.8, 4) is 0 Å². The van der Waals surface area contributed by atoms with E-state index < -0.39 is 0 Å². The minimum Gasteiger partial charge on any atom is -0.368 e. The number of halogens is 1. The highest BCUT2D eigenvalue weighted by atomic mass is 19.1. The van der Waals surface area contributed by atoms with Gasteiger partial charge in [0.05, 0.1) is 0 Å². The SMILES string of the molecule is CNCc1cc(F)cc(N2CC(C)CC(C)C2C)c1. The average Bonchev–Trinajstić information content (AvgIpc) is 2.33. The predicted molar refractivity (Wildman–Crippen MR) is 78.9 cm³/mol. The van der Waals surface area contributed by atoms with Crippen LogP contribution in [0.1, 0.15) is 32.8 Å². The van der Waals surface area contributed by atoms with Crippen LogP contribution in [-0.4, -0.2) is 19.6 Å². The van der Waals surface area contributed by atoms with E-state index in [9.17, 15) is 4.39 Å². The Bertz CT molecular complexity index is 433. The molecular weight excluding hydrogens is 239 g/mol. The summed E-state index contributed by atoms with van der Waals surface area (Å²) in [6.45, 7) is 8.55. The summed E-state index contributed by atoms with van der Waals surface area (Å²) in [5, 5.41) is 3.08. The summed E-state index contributed by atoms with van der Waals surface area (Å²) in [7, 11) is 1.89. The lowest BCUT2D eigenvalue weighted by atomic mass is 9.85. The molecule has 1 aromatic carbocycles. The van der Waals surface area contributed by atoms with Crippen LogP contribution in [0.2, 0.25) is 0 Å². The minimum absolute atomic E-state index is 0.138. The first-order chi connectivity index (χ1) is 9.01. The van der Waals surface area contributed by atoms with Crippen molar-refractivity contribution in [3.05, 3.63) is 29.6 Å². The Balaban J connectivity index is 2.28.